The summed E-state index contributed by atoms with van der Waals surface area (Å²) in [5.41, 5.74) is 7.65. The molecule has 0 spiro atoms. The second kappa shape index (κ2) is 9.89. The summed E-state index contributed by atoms with van der Waals surface area (Å²) >= 11 is 0. The Labute approximate surface area is 204 Å². The van der Waals surface area contributed by atoms with E-state index in [4.69, 9.17) is 10.1 Å². The molecule has 0 atom stereocenters. The molecular weight excluding hydrogens is 434 g/mol. The van der Waals surface area contributed by atoms with Crippen LogP contribution in [0.2, 0.25) is 0 Å². The largest absolute Gasteiger partial charge is 0.350 e. The Morgan fingerprint density at radius 2 is 1.71 bits per heavy atom. The van der Waals surface area contributed by atoms with Crippen LogP contribution in [0.5, 0.6) is 0 Å². The molecule has 3 aromatic heterocycles. The van der Waals surface area contributed by atoms with Crippen LogP contribution in [0.1, 0.15) is 23.7 Å². The number of para-hydroxylation sites is 1. The van der Waals surface area contributed by atoms with Crippen LogP contribution in [0.25, 0.3) is 33.4 Å². The van der Waals surface area contributed by atoms with Crippen LogP contribution < -0.4 is 5.32 Å². The minimum absolute atomic E-state index is 0.0895. The van der Waals surface area contributed by atoms with E-state index in [0.29, 0.717) is 6.54 Å². The average molecular weight is 462 g/mol. The van der Waals surface area contributed by atoms with Crippen molar-refractivity contribution in [3.8, 4) is 22.5 Å². The molecule has 1 N–H and O–H groups in total. The molecule has 0 saturated heterocycles. The Kier molecular flexibility index (Phi) is 6.35. The third-order valence-corrected chi connectivity index (χ3v) is 6.11. The number of rotatable bonds is 7. The van der Waals surface area contributed by atoms with Gasteiger partial charge in [0.15, 0.2) is 0 Å². The molecule has 2 aromatic carbocycles. The molecule has 0 aliphatic heterocycles. The summed E-state index contributed by atoms with van der Waals surface area (Å²) in [5.74, 6) is -0.0895. The molecule has 0 aliphatic rings. The average Bonchev–Trinajstić information content (AvgIpc) is 3.30. The number of benzene rings is 2. The second-order valence-corrected chi connectivity index (χ2v) is 8.53. The normalized spacial score (nSPS) is 11.0. The highest BCUT2D eigenvalue weighted by Gasteiger charge is 2.18. The van der Waals surface area contributed by atoms with Gasteiger partial charge in [-0.15, -0.1) is 0 Å². The number of aryl methyl sites for hydroxylation is 2. The minimum atomic E-state index is -0.0895. The third-order valence-electron chi connectivity index (χ3n) is 6.11. The summed E-state index contributed by atoms with van der Waals surface area (Å²) in [6.45, 7) is 4.70. The van der Waals surface area contributed by atoms with Gasteiger partial charge >= 0.3 is 0 Å². The van der Waals surface area contributed by atoms with E-state index in [9.17, 15) is 4.79 Å². The lowest BCUT2D eigenvalue weighted by Crippen LogP contribution is -2.27. The Morgan fingerprint density at radius 1 is 0.914 bits per heavy atom. The van der Waals surface area contributed by atoms with Gasteiger partial charge in [0.2, 0.25) is 5.91 Å². The first-order valence-corrected chi connectivity index (χ1v) is 11.8. The first-order valence-electron chi connectivity index (χ1n) is 11.8. The number of aromatic nitrogens is 4. The highest BCUT2D eigenvalue weighted by Crippen LogP contribution is 2.34. The molecule has 3 heterocycles. The molecule has 0 aliphatic carbocycles. The maximum atomic E-state index is 12.8. The fourth-order valence-electron chi connectivity index (χ4n) is 4.37. The molecule has 35 heavy (non-hydrogen) atoms. The zero-order valence-corrected chi connectivity index (χ0v) is 19.9. The van der Waals surface area contributed by atoms with Crippen molar-refractivity contribution < 1.29 is 4.79 Å². The smallest absolute Gasteiger partial charge is 0.241 e. The Bertz CT molecular complexity index is 1500. The van der Waals surface area contributed by atoms with Crippen molar-refractivity contribution in [1.29, 1.82) is 0 Å². The van der Waals surface area contributed by atoms with Gasteiger partial charge in [-0.1, -0.05) is 55.5 Å². The first-order chi connectivity index (χ1) is 17.1. The quantitative estimate of drug-likeness (QED) is 0.355. The number of amides is 1. The zero-order valence-electron chi connectivity index (χ0n) is 19.9. The SMILES string of the molecule is CCc1ccccc1CNC(=O)Cn1cc(-c2ccnc3ccccc23)c(-c2cccc(C)n2)n1. The fraction of sp³-hybridized carbons (Fsp3) is 0.172. The van der Waals surface area contributed by atoms with E-state index in [-0.39, 0.29) is 12.5 Å². The van der Waals surface area contributed by atoms with Gasteiger partial charge in [0.25, 0.3) is 0 Å². The van der Waals surface area contributed by atoms with Crippen LogP contribution >= 0.6 is 0 Å². The first kappa shape index (κ1) is 22.5. The van der Waals surface area contributed by atoms with Crippen LogP contribution in [0.3, 0.4) is 0 Å². The number of carbonyl (C=O) groups is 1. The number of fused-ring (bicyclic) bond motifs is 1. The predicted octanol–water partition coefficient (Wildman–Crippen LogP) is 5.35. The molecule has 0 fully saturated rings. The summed E-state index contributed by atoms with van der Waals surface area (Å²) in [5, 5.41) is 8.88. The van der Waals surface area contributed by atoms with Crippen molar-refractivity contribution in [1.82, 2.24) is 25.1 Å². The van der Waals surface area contributed by atoms with Gasteiger partial charge in [0.05, 0.1) is 11.2 Å². The van der Waals surface area contributed by atoms with Crippen molar-refractivity contribution in [2.24, 2.45) is 0 Å². The monoisotopic (exact) mass is 461 g/mol. The van der Waals surface area contributed by atoms with Gasteiger partial charge in [-0.05, 0) is 54.3 Å². The van der Waals surface area contributed by atoms with Gasteiger partial charge in [0.1, 0.15) is 12.2 Å². The molecule has 174 valence electrons. The molecule has 1 amide bonds. The minimum Gasteiger partial charge on any atom is -0.350 e. The van der Waals surface area contributed by atoms with Crippen LogP contribution in [0, 0.1) is 6.92 Å². The summed E-state index contributed by atoms with van der Waals surface area (Å²) in [7, 11) is 0. The molecule has 6 heteroatoms. The fourth-order valence-corrected chi connectivity index (χ4v) is 4.37. The lowest BCUT2D eigenvalue weighted by molar-refractivity contribution is -0.122. The lowest BCUT2D eigenvalue weighted by atomic mass is 10.0. The number of carbonyl (C=O) groups excluding carboxylic acids is 1. The summed E-state index contributed by atoms with van der Waals surface area (Å²) in [4.78, 5) is 22.1. The summed E-state index contributed by atoms with van der Waals surface area (Å²) in [6, 6.07) is 24.1. The van der Waals surface area contributed by atoms with E-state index >= 15 is 0 Å². The van der Waals surface area contributed by atoms with E-state index in [0.717, 1.165) is 51.1 Å². The van der Waals surface area contributed by atoms with Gasteiger partial charge < -0.3 is 5.32 Å². The Morgan fingerprint density at radius 3 is 2.54 bits per heavy atom. The van der Waals surface area contributed by atoms with Crippen LogP contribution in [-0.2, 0) is 24.3 Å². The van der Waals surface area contributed by atoms with Crippen molar-refractivity contribution in [2.45, 2.75) is 33.4 Å². The summed E-state index contributed by atoms with van der Waals surface area (Å²) in [6.07, 6.45) is 4.67. The standard InChI is InChI=1S/C29H27N5O/c1-3-21-10-4-5-11-22(21)17-31-28(35)19-34-18-25(29(33-34)27-14-8-9-20(2)32-27)23-15-16-30-26-13-7-6-12-24(23)26/h4-16,18H,3,17,19H2,1-2H3,(H,31,35). The van der Waals surface area contributed by atoms with Gasteiger partial charge in [-0.2, -0.15) is 5.10 Å². The van der Waals surface area contributed by atoms with Crippen LogP contribution in [-0.4, -0.2) is 25.7 Å². The van der Waals surface area contributed by atoms with Crippen molar-refractivity contribution in [3.05, 3.63) is 102 Å². The van der Waals surface area contributed by atoms with Crippen molar-refractivity contribution in [2.75, 3.05) is 0 Å². The molecule has 5 aromatic rings. The summed E-state index contributed by atoms with van der Waals surface area (Å²) < 4.78 is 1.70. The number of pyridine rings is 2. The molecule has 0 unspecified atom stereocenters. The maximum absolute atomic E-state index is 12.8. The van der Waals surface area contributed by atoms with Gasteiger partial charge in [-0.25, -0.2) is 0 Å². The molecule has 0 saturated carbocycles. The number of hydrogen-bond acceptors (Lipinski definition) is 4. The van der Waals surface area contributed by atoms with Crippen LogP contribution in [0.4, 0.5) is 0 Å². The number of hydrogen-bond donors (Lipinski definition) is 1. The van der Waals surface area contributed by atoms with Gasteiger partial charge in [0, 0.05) is 35.6 Å². The molecule has 0 bridgehead atoms. The topological polar surface area (TPSA) is 72.7 Å². The van der Waals surface area contributed by atoms with E-state index in [1.807, 2.05) is 67.7 Å². The molecular formula is C29H27N5O. The second-order valence-electron chi connectivity index (χ2n) is 8.53. The molecule has 0 radical (unpaired) electrons. The Hall–Kier alpha value is -4.32. The van der Waals surface area contributed by atoms with Crippen molar-refractivity contribution >= 4 is 16.8 Å². The predicted molar refractivity (Wildman–Crippen MR) is 139 cm³/mol. The molecule has 6 nitrogen and oxygen atoms in total. The highest BCUT2D eigenvalue weighted by atomic mass is 16.2. The lowest BCUT2D eigenvalue weighted by Gasteiger charge is -2.09. The van der Waals surface area contributed by atoms with Crippen molar-refractivity contribution in [3.63, 3.8) is 0 Å². The van der Waals surface area contributed by atoms with E-state index < -0.39 is 0 Å². The van der Waals surface area contributed by atoms with E-state index in [1.54, 1.807) is 10.9 Å². The zero-order chi connectivity index (χ0) is 24.2. The van der Waals surface area contributed by atoms with Crippen LogP contribution in [0.15, 0.2) is 85.2 Å². The number of nitrogens with zero attached hydrogens (tertiary/aromatic N) is 4. The van der Waals surface area contributed by atoms with E-state index in [2.05, 4.69) is 35.4 Å². The third kappa shape index (κ3) is 4.82. The highest BCUT2D eigenvalue weighted by molar-refractivity contribution is 5.97. The molecule has 5 rings (SSSR count). The van der Waals surface area contributed by atoms with Gasteiger partial charge in [-0.3, -0.25) is 19.4 Å². The van der Waals surface area contributed by atoms with E-state index in [1.165, 1.54) is 5.56 Å². The Balaban J connectivity index is 1.48. The maximum Gasteiger partial charge on any atom is 0.241 e. The number of nitrogens with one attached hydrogen (secondary N) is 1.